The monoisotopic (exact) mass is 1510 g/mol. The number of nitrogen functional groups attached to an aromatic ring is 1. The van der Waals surface area contributed by atoms with Crippen LogP contribution in [0.15, 0.2) is 131 Å². The first-order valence-electron chi connectivity index (χ1n) is 26.8. The number of benzene rings is 3. The predicted octanol–water partition coefficient (Wildman–Crippen LogP) is 10.0. The van der Waals surface area contributed by atoms with Gasteiger partial charge in [0.1, 0.15) is 45.8 Å². The van der Waals surface area contributed by atoms with Gasteiger partial charge in [-0.15, -0.1) is 11.6 Å². The number of nitrogens with one attached hydrogen (secondary N) is 2. The quantitative estimate of drug-likeness (QED) is 0.0407. The summed E-state index contributed by atoms with van der Waals surface area (Å²) >= 11 is 29.5. The molecule has 0 bridgehead atoms. The molecule has 8 N–H and O–H groups in total. The number of ether oxygens (including phenoxy) is 4. The van der Waals surface area contributed by atoms with Crippen LogP contribution in [0.3, 0.4) is 0 Å². The minimum atomic E-state index is -1.03. The van der Waals surface area contributed by atoms with Crippen LogP contribution >= 0.6 is 78.3 Å². The van der Waals surface area contributed by atoms with E-state index >= 15 is 0 Å². The molecule has 10 rings (SSSR count). The van der Waals surface area contributed by atoms with Crippen LogP contribution in [0.5, 0.6) is 17.2 Å². The summed E-state index contributed by atoms with van der Waals surface area (Å²) in [5.41, 5.74) is 23.2. The summed E-state index contributed by atoms with van der Waals surface area (Å²) in [6, 6.07) is 31.1. The molecular formula is C63H66Br2Cl4N11NaO13. The summed E-state index contributed by atoms with van der Waals surface area (Å²) in [7, 11) is 6.15. The van der Waals surface area contributed by atoms with E-state index in [1.807, 2.05) is 81.7 Å². The van der Waals surface area contributed by atoms with Gasteiger partial charge in [0.25, 0.3) is 0 Å². The fourth-order valence-corrected chi connectivity index (χ4v) is 9.37. The second-order valence-electron chi connectivity index (χ2n) is 18.7. The third-order valence-corrected chi connectivity index (χ3v) is 14.8. The first-order chi connectivity index (χ1) is 43.8. The normalized spacial score (nSPS) is 9.63. The zero-order chi connectivity index (χ0) is 68.8. The second kappa shape index (κ2) is 43.1. The number of carbonyl (C=O) groups is 3. The van der Waals surface area contributed by atoms with Crippen molar-refractivity contribution in [3.8, 4) is 17.2 Å². The number of esters is 1. The van der Waals surface area contributed by atoms with E-state index in [1.54, 1.807) is 86.5 Å². The van der Waals surface area contributed by atoms with E-state index in [0.717, 1.165) is 72.4 Å². The van der Waals surface area contributed by atoms with Crippen LogP contribution in [0.25, 0.3) is 16.9 Å². The van der Waals surface area contributed by atoms with Crippen molar-refractivity contribution in [2.24, 2.45) is 5.73 Å². The average molecular weight is 1510 g/mol. The van der Waals surface area contributed by atoms with Crippen LogP contribution in [0.2, 0.25) is 15.1 Å². The Morgan fingerprint density at radius 1 is 0.574 bits per heavy atom. The number of Topliss-reactive ketones (excluding diaryl/α,β-unsaturated/α-hetero) is 1. The van der Waals surface area contributed by atoms with E-state index in [-0.39, 0.29) is 70.4 Å². The van der Waals surface area contributed by atoms with Crippen molar-refractivity contribution in [1.29, 1.82) is 0 Å². The van der Waals surface area contributed by atoms with Crippen molar-refractivity contribution in [2.75, 3.05) is 50.7 Å². The number of nitrogens with two attached hydrogens (primary N) is 2. The number of hydrogen-bond donors (Lipinski definition) is 5. The van der Waals surface area contributed by atoms with Gasteiger partial charge in [-0.3, -0.25) is 9.20 Å². The van der Waals surface area contributed by atoms with E-state index < -0.39 is 11.9 Å². The number of anilines is 3. The van der Waals surface area contributed by atoms with Crippen LogP contribution in [0.4, 0.5) is 17.2 Å². The maximum absolute atomic E-state index is 11.7. The third kappa shape index (κ3) is 26.1. The van der Waals surface area contributed by atoms with Crippen LogP contribution in [0.1, 0.15) is 73.1 Å². The van der Waals surface area contributed by atoms with Gasteiger partial charge in [0, 0.05) is 85.8 Å². The molecule has 0 saturated carbocycles. The van der Waals surface area contributed by atoms with Gasteiger partial charge in [0.2, 0.25) is 0 Å². The Kier molecular flexibility index (Phi) is 38.6. The molecule has 3 aromatic carbocycles. The number of carboxylic acid groups (broad SMARTS) is 1. The van der Waals surface area contributed by atoms with Crippen LogP contribution in [-0.4, -0.2) is 108 Å². The topological polar surface area (TPSA) is 348 Å². The maximum Gasteiger partial charge on any atom is 1.00 e. The number of aromatic carboxylic acids is 1. The van der Waals surface area contributed by atoms with Gasteiger partial charge >= 0.3 is 53.8 Å². The van der Waals surface area contributed by atoms with Crippen molar-refractivity contribution < 1.29 is 92.6 Å². The molecule has 0 spiro atoms. The predicted molar refractivity (Wildman–Crippen MR) is 362 cm³/mol. The van der Waals surface area contributed by atoms with Gasteiger partial charge in [-0.25, -0.2) is 29.5 Å². The Balaban J connectivity index is 0.000000579. The molecule has 0 fully saturated rings. The van der Waals surface area contributed by atoms with Gasteiger partial charge in [-0.2, -0.15) is 19.2 Å². The molecule has 0 unspecified atom stereocenters. The van der Waals surface area contributed by atoms with Crippen LogP contribution < -0.4 is 65.9 Å². The molecular weight excluding hydrogens is 1440 g/mol. The molecule has 0 amide bonds. The minimum absolute atomic E-state index is 0. The summed E-state index contributed by atoms with van der Waals surface area (Å²) < 4.78 is 27.7. The number of carbonyl (C=O) groups excluding carboxylic acids is 6. The first kappa shape index (κ1) is 84.1. The maximum atomic E-state index is 11.7. The van der Waals surface area contributed by atoms with Crippen molar-refractivity contribution >= 4 is 142 Å². The molecule has 94 heavy (non-hydrogen) atoms. The Hall–Kier alpha value is -7.91. The van der Waals surface area contributed by atoms with E-state index in [0.29, 0.717) is 62.1 Å². The number of hydrogen-bond acceptors (Lipinski definition) is 20. The first-order valence-corrected chi connectivity index (χ1v) is 30.0. The smallest absolute Gasteiger partial charge is 0.870 e. The summed E-state index contributed by atoms with van der Waals surface area (Å²) in [5, 5.41) is 18.2. The van der Waals surface area contributed by atoms with E-state index in [4.69, 9.17) is 91.3 Å². The Morgan fingerprint density at radius 2 is 0.947 bits per heavy atom. The molecule has 7 heterocycles. The SMILES string of the molecule is CC(=O)CCl.COC(=O)c1nc(N)ccc1Br.COc1ccc(Cl)cc1CN.COc1ccc(Cl)cc1CNc1ccc2nc(C)cn2c1C.COc1ccc(Cl)cc1CNc1ccc2nc(C)cn2c1C(=O)O.Cc1cn2c(C)c(Br)ccc2n1.O=C=O.O=C=O.[Na+].[OH-]. The molecule has 31 heteroatoms. The number of carboxylic acids is 1. The molecule has 7 aromatic heterocycles. The summed E-state index contributed by atoms with van der Waals surface area (Å²) in [5.74, 6) is 1.22. The molecule has 0 aliphatic rings. The fraction of sp³-hybridized carbons (Fsp3) is 0.222. The Morgan fingerprint density at radius 3 is 1.36 bits per heavy atom. The number of aromatic nitrogens is 7. The molecule has 0 radical (unpaired) electrons. The number of aryl methyl sites for hydroxylation is 5. The third-order valence-electron chi connectivity index (χ3n) is 12.2. The van der Waals surface area contributed by atoms with Gasteiger partial charge in [-0.05, 0) is 177 Å². The second-order valence-corrected chi connectivity index (χ2v) is 22.0. The molecule has 0 saturated heterocycles. The summed E-state index contributed by atoms with van der Waals surface area (Å²) in [4.78, 5) is 81.8. The molecule has 0 aliphatic carbocycles. The largest absolute Gasteiger partial charge is 1.00 e. The fourth-order valence-electron chi connectivity index (χ4n) is 8.08. The van der Waals surface area contributed by atoms with Crippen LogP contribution in [0, 0.1) is 34.6 Å². The van der Waals surface area contributed by atoms with Crippen molar-refractivity contribution in [2.45, 2.75) is 61.2 Å². The summed E-state index contributed by atoms with van der Waals surface area (Å²) in [6.45, 7) is 12.9. The number of rotatable bonds is 13. The number of alkyl halides is 1. The van der Waals surface area contributed by atoms with Gasteiger partial charge in [-0.1, -0.05) is 34.8 Å². The zero-order valence-corrected chi connectivity index (χ0v) is 61.0. The standard InChI is InChI=1S/C17H16ClN3O3.C17H18ClN3O.C9H9BrN2.C8H10ClNO.C7H7BrN2O2.C3H5ClO.2CO2.Na.H2O/c1-10-9-21-15(20-10)6-4-13(16(21)17(22)23)19-8-11-7-12(18)3-5-14(11)24-2;1-11-10-21-12(2)15(5-7-17(21)20-11)19-9-13-8-14(18)4-6-16(13)22-3;1-6-5-12-7(2)8(10)3-4-9(12)11-6;1-11-8-3-2-7(9)4-6(8)5-10;1-12-7(11)6-4(8)2-3-5(9)10-6;1-3(5)2-4;2*2-1-3;;/h3-7,9,19H,8H2,1-2H3,(H,22,23);4-8,10,19H,9H2,1-3H3;3-5H,1-2H3;2-4H,5,10H2,1H3;2-3H,1H3,(H2,9,10);2H2,1H3;;;;1H2/q;;;;;;;;+1;/p-1. The van der Waals surface area contributed by atoms with E-state index in [1.165, 1.54) is 19.7 Å². The Labute approximate surface area is 600 Å². The number of pyridine rings is 4. The Bertz CT molecular complexity index is 4190. The number of ketones is 1. The molecule has 0 aliphatic heterocycles. The molecule has 10 aromatic rings. The van der Waals surface area contributed by atoms with Crippen molar-refractivity contribution in [1.82, 2.24) is 33.1 Å². The average Bonchev–Trinajstić information content (AvgIpc) is 1.62. The van der Waals surface area contributed by atoms with E-state index in [9.17, 15) is 19.5 Å². The number of imidazole rings is 3. The zero-order valence-electron chi connectivity index (χ0n) is 52.8. The molecule has 0 atom stereocenters. The number of halogens is 6. The van der Waals surface area contributed by atoms with Gasteiger partial charge in [0.05, 0.1) is 67.2 Å². The van der Waals surface area contributed by atoms with Crippen molar-refractivity contribution in [3.05, 3.63) is 202 Å². The van der Waals surface area contributed by atoms with Crippen molar-refractivity contribution in [3.63, 3.8) is 0 Å². The van der Waals surface area contributed by atoms with E-state index in [2.05, 4.69) is 89.8 Å². The number of fused-ring (bicyclic) bond motifs is 3. The van der Waals surface area contributed by atoms with Gasteiger partial charge < -0.3 is 60.4 Å². The molecule has 24 nitrogen and oxygen atoms in total. The summed E-state index contributed by atoms with van der Waals surface area (Å²) in [6.07, 6.45) is 6.27. The number of nitrogens with zero attached hydrogens (tertiary/aromatic N) is 7. The number of methoxy groups -OCH3 is 4. The van der Waals surface area contributed by atoms with Crippen LogP contribution in [-0.2, 0) is 48.3 Å². The van der Waals surface area contributed by atoms with Gasteiger partial charge in [0.15, 0.2) is 11.4 Å². The minimum Gasteiger partial charge on any atom is -0.870 e. The molecule has 494 valence electrons.